The summed E-state index contributed by atoms with van der Waals surface area (Å²) in [5.74, 6) is -0.165. The van der Waals surface area contributed by atoms with E-state index in [4.69, 9.17) is 0 Å². The largest absolute Gasteiger partial charge is 1.00 e. The van der Waals surface area contributed by atoms with Crippen LogP contribution in [0.1, 0.15) is 1.43 Å². The summed E-state index contributed by atoms with van der Waals surface area (Å²) >= 11 is 1.54. The average molecular weight is 166 g/mol. The van der Waals surface area contributed by atoms with E-state index in [0.29, 0.717) is 0 Å². The molecule has 50 valence electrons. The Labute approximate surface area is 88.0 Å². The van der Waals surface area contributed by atoms with Crippen LogP contribution < -0.4 is 29.6 Å². The summed E-state index contributed by atoms with van der Waals surface area (Å²) in [5.41, 5.74) is 0. The first-order valence-electron chi connectivity index (χ1n) is 2.62. The normalized spacial score (nSPS) is 8.60. The minimum absolute atomic E-state index is 0. The van der Waals surface area contributed by atoms with Crippen molar-refractivity contribution in [1.29, 1.82) is 0 Å². The summed E-state index contributed by atoms with van der Waals surface area (Å²) in [7, 11) is 0. The molecule has 0 atom stereocenters. The Morgan fingerprint density at radius 1 is 1.50 bits per heavy atom. The van der Waals surface area contributed by atoms with Crippen molar-refractivity contribution in [3.05, 3.63) is 30.1 Å². The van der Waals surface area contributed by atoms with Gasteiger partial charge in [0.15, 0.2) is 0 Å². The van der Waals surface area contributed by atoms with Gasteiger partial charge in [-0.05, 0) is 24.5 Å². The Bertz CT molecular complexity index is 207. The minimum atomic E-state index is -0.165. The topological polar surface area (TPSA) is 0 Å². The fourth-order valence-electron chi connectivity index (χ4n) is 0.594. The van der Waals surface area contributed by atoms with Gasteiger partial charge in [-0.2, -0.15) is 0 Å². The summed E-state index contributed by atoms with van der Waals surface area (Å²) in [6.07, 6.45) is 1.93. The molecule has 0 nitrogen and oxygen atoms in total. The van der Waals surface area contributed by atoms with Gasteiger partial charge in [-0.1, -0.05) is 6.07 Å². The van der Waals surface area contributed by atoms with Gasteiger partial charge in [-0.25, -0.2) is 4.39 Å². The summed E-state index contributed by atoms with van der Waals surface area (Å²) in [6, 6.07) is 6.55. The molecule has 0 fully saturated rings. The van der Waals surface area contributed by atoms with Gasteiger partial charge >= 0.3 is 29.6 Å². The van der Waals surface area contributed by atoms with Gasteiger partial charge in [0.05, 0.1) is 0 Å². The van der Waals surface area contributed by atoms with Gasteiger partial charge < -0.3 is 1.43 Å². The van der Waals surface area contributed by atoms with E-state index in [0.717, 1.165) is 4.90 Å². The van der Waals surface area contributed by atoms with E-state index < -0.39 is 0 Å². The van der Waals surface area contributed by atoms with E-state index in [2.05, 4.69) is 0 Å². The molecule has 0 N–H and O–H groups in total. The van der Waals surface area contributed by atoms with Gasteiger partial charge in [0, 0.05) is 4.90 Å². The van der Waals surface area contributed by atoms with Crippen molar-refractivity contribution in [2.75, 3.05) is 6.26 Å². The van der Waals surface area contributed by atoms with Gasteiger partial charge in [0.2, 0.25) is 0 Å². The van der Waals surface area contributed by atoms with Crippen LogP contribution in [-0.2, 0) is 0 Å². The molecule has 0 saturated heterocycles. The van der Waals surface area contributed by atoms with Gasteiger partial charge in [-0.3, -0.25) is 0 Å². The monoisotopic (exact) mass is 166 g/mol. The average Bonchev–Trinajstić information content (AvgIpc) is 1.88. The number of hydrogen-bond acceptors (Lipinski definition) is 1. The van der Waals surface area contributed by atoms with Crippen LogP contribution in [0.2, 0.25) is 0 Å². The minimum Gasteiger partial charge on any atom is -1.00 e. The molecule has 0 aliphatic carbocycles. The Morgan fingerprint density at radius 2 is 2.20 bits per heavy atom. The molecule has 10 heavy (non-hydrogen) atoms. The zero-order chi connectivity index (χ0) is 6.69. The molecule has 0 amide bonds. The Balaban J connectivity index is 0. The van der Waals surface area contributed by atoms with Crippen molar-refractivity contribution in [3.8, 4) is 0 Å². The molecule has 0 aliphatic heterocycles. The Hall–Kier alpha value is 0.500. The fourth-order valence-corrected chi connectivity index (χ4v) is 1.04. The summed E-state index contributed by atoms with van der Waals surface area (Å²) in [6.45, 7) is 0. The fraction of sp³-hybridized carbons (Fsp3) is 0.143. The number of thioether (sulfide) groups is 1. The number of halogens is 1. The van der Waals surface area contributed by atoms with Crippen LogP contribution in [-0.4, -0.2) is 6.26 Å². The predicted molar refractivity (Wildman–Crippen MR) is 39.3 cm³/mol. The summed E-state index contributed by atoms with van der Waals surface area (Å²) < 4.78 is 12.3. The van der Waals surface area contributed by atoms with Crippen molar-refractivity contribution < 1.29 is 35.4 Å². The smallest absolute Gasteiger partial charge is 1.00 e. The summed E-state index contributed by atoms with van der Waals surface area (Å²) in [5, 5.41) is 0. The quantitative estimate of drug-likeness (QED) is 0.406. The predicted octanol–water partition coefficient (Wildman–Crippen LogP) is -0.336. The first-order valence-corrected chi connectivity index (χ1v) is 3.85. The van der Waals surface area contributed by atoms with Crippen LogP contribution in [0.5, 0.6) is 0 Å². The van der Waals surface area contributed by atoms with E-state index in [1.54, 1.807) is 17.8 Å². The third kappa shape index (κ3) is 3.06. The second-order valence-corrected chi connectivity index (χ2v) is 2.54. The molecule has 0 aliphatic rings. The second-order valence-electron chi connectivity index (χ2n) is 1.66. The zero-order valence-electron chi connectivity index (χ0n) is 7.10. The van der Waals surface area contributed by atoms with Crippen LogP contribution in [0.4, 0.5) is 4.39 Å². The molecule has 0 unspecified atom stereocenters. The molecule has 0 saturated carbocycles. The first-order chi connectivity index (χ1) is 4.33. The van der Waals surface area contributed by atoms with Crippen LogP contribution in [0, 0.1) is 5.82 Å². The Morgan fingerprint density at radius 3 is 2.60 bits per heavy atom. The molecule has 1 aromatic rings. The number of hydrogen-bond donors (Lipinski definition) is 0. The van der Waals surface area contributed by atoms with E-state index >= 15 is 0 Å². The molecule has 3 heteroatoms. The molecule has 1 rings (SSSR count). The molecule has 0 aromatic heterocycles. The maximum atomic E-state index is 12.3. The first kappa shape index (κ1) is 10.5. The number of benzene rings is 1. The maximum absolute atomic E-state index is 12.3. The molecule has 0 radical (unpaired) electrons. The van der Waals surface area contributed by atoms with Crippen molar-refractivity contribution >= 4 is 11.8 Å². The van der Waals surface area contributed by atoms with Crippen LogP contribution in [0.3, 0.4) is 0 Å². The van der Waals surface area contributed by atoms with Crippen molar-refractivity contribution in [1.82, 2.24) is 0 Å². The van der Waals surface area contributed by atoms with E-state index in [9.17, 15) is 4.39 Å². The second kappa shape index (κ2) is 5.19. The summed E-state index contributed by atoms with van der Waals surface area (Å²) in [4.78, 5) is 0.968. The maximum Gasteiger partial charge on any atom is 1.00 e. The van der Waals surface area contributed by atoms with Crippen molar-refractivity contribution in [2.24, 2.45) is 0 Å². The van der Waals surface area contributed by atoms with E-state index in [-0.39, 0.29) is 36.8 Å². The van der Waals surface area contributed by atoms with Gasteiger partial charge in [-0.15, -0.1) is 11.8 Å². The Kier molecular flexibility index (Phi) is 5.45. The van der Waals surface area contributed by atoms with Crippen molar-refractivity contribution in [2.45, 2.75) is 4.90 Å². The molecule has 0 bridgehead atoms. The van der Waals surface area contributed by atoms with Crippen molar-refractivity contribution in [3.63, 3.8) is 0 Å². The molecule has 0 heterocycles. The number of rotatable bonds is 1. The molecule has 0 spiro atoms. The molecular weight excluding hydrogens is 158 g/mol. The van der Waals surface area contributed by atoms with E-state index in [1.807, 2.05) is 12.3 Å². The molecular formula is C7H8FNaS. The third-order valence-corrected chi connectivity index (χ3v) is 1.76. The van der Waals surface area contributed by atoms with Gasteiger partial charge in [0.25, 0.3) is 0 Å². The zero-order valence-corrected chi connectivity index (χ0v) is 8.91. The van der Waals surface area contributed by atoms with E-state index in [1.165, 1.54) is 12.1 Å². The third-order valence-electron chi connectivity index (χ3n) is 1.03. The molecule has 1 aromatic carbocycles. The SMILES string of the molecule is CSc1cccc(F)c1.[H-].[Na+]. The van der Waals surface area contributed by atoms with Crippen LogP contribution in [0.15, 0.2) is 29.2 Å². The van der Waals surface area contributed by atoms with Crippen LogP contribution >= 0.6 is 11.8 Å². The van der Waals surface area contributed by atoms with Gasteiger partial charge in [0.1, 0.15) is 5.82 Å². The van der Waals surface area contributed by atoms with Crippen LogP contribution in [0.25, 0.3) is 0 Å². The standard InChI is InChI=1S/C7H7FS.Na.H/c1-9-7-4-2-3-6(8)5-7;;/h2-5H,1H3;;/q;+1;-1.